The lowest BCUT2D eigenvalue weighted by atomic mass is 10.1. The lowest BCUT2D eigenvalue weighted by Gasteiger charge is -2.34. The fraction of sp³-hybridized carbons (Fsp3) is 0.846. The lowest BCUT2D eigenvalue weighted by molar-refractivity contribution is -0.137. The number of amides is 1. The molecule has 110 valence electrons. The molecular weight excluding hydrogens is 248 g/mol. The second kappa shape index (κ2) is 8.87. The van der Waals surface area contributed by atoms with Crippen LogP contribution in [0.1, 0.15) is 32.6 Å². The van der Waals surface area contributed by atoms with Crippen LogP contribution in [0.4, 0.5) is 0 Å². The third-order valence-corrected chi connectivity index (χ3v) is 3.18. The summed E-state index contributed by atoms with van der Waals surface area (Å²) >= 11 is 0. The number of hydrogen-bond acceptors (Lipinski definition) is 4. The van der Waals surface area contributed by atoms with Gasteiger partial charge in [0.15, 0.2) is 0 Å². The molecule has 1 fully saturated rings. The molecule has 2 N–H and O–H groups in total. The summed E-state index contributed by atoms with van der Waals surface area (Å²) < 4.78 is 5.36. The molecule has 0 bridgehead atoms. The van der Waals surface area contributed by atoms with E-state index >= 15 is 0 Å². The number of ether oxygens (including phenoxy) is 1. The van der Waals surface area contributed by atoms with Gasteiger partial charge in [0.1, 0.15) is 6.04 Å². The van der Waals surface area contributed by atoms with Gasteiger partial charge < -0.3 is 15.2 Å². The van der Waals surface area contributed by atoms with Crippen LogP contribution < -0.4 is 5.32 Å². The zero-order valence-electron chi connectivity index (χ0n) is 11.6. The molecule has 0 saturated carbocycles. The molecule has 1 rings (SSSR count). The maximum absolute atomic E-state index is 12.0. The van der Waals surface area contributed by atoms with Crippen molar-refractivity contribution >= 4 is 11.9 Å². The summed E-state index contributed by atoms with van der Waals surface area (Å²) in [5.74, 6) is -0.751. The van der Waals surface area contributed by atoms with Crippen LogP contribution >= 0.6 is 0 Å². The van der Waals surface area contributed by atoms with Crippen molar-refractivity contribution in [2.24, 2.45) is 0 Å². The van der Waals surface area contributed by atoms with E-state index in [0.29, 0.717) is 26.2 Å². The van der Waals surface area contributed by atoms with Gasteiger partial charge in [-0.3, -0.25) is 14.5 Å². The maximum atomic E-state index is 12.0. The van der Waals surface area contributed by atoms with E-state index in [9.17, 15) is 9.59 Å². The summed E-state index contributed by atoms with van der Waals surface area (Å²) in [6.07, 6.45) is 2.55. The highest BCUT2D eigenvalue weighted by Crippen LogP contribution is 2.09. The first kappa shape index (κ1) is 15.9. The quantitative estimate of drug-likeness (QED) is 0.628. The average Bonchev–Trinajstić information content (AvgIpc) is 2.41. The standard InChI is InChI=1S/C13H24N2O4/c1-2-6-14-13(18)11-10-19-9-8-15(11)7-4-3-5-12(16)17/h11H,2-10H2,1H3,(H,14,18)(H,16,17). The Labute approximate surface area is 114 Å². The second-order valence-electron chi connectivity index (χ2n) is 4.77. The lowest BCUT2D eigenvalue weighted by Crippen LogP contribution is -2.54. The Kier molecular flexibility index (Phi) is 7.43. The van der Waals surface area contributed by atoms with Crippen LogP contribution in [0, 0.1) is 0 Å². The molecule has 6 nitrogen and oxygen atoms in total. The van der Waals surface area contributed by atoms with E-state index < -0.39 is 5.97 Å². The predicted molar refractivity (Wildman–Crippen MR) is 71.0 cm³/mol. The number of morpholine rings is 1. The van der Waals surface area contributed by atoms with Crippen molar-refractivity contribution in [3.05, 3.63) is 0 Å². The van der Waals surface area contributed by atoms with E-state index in [1.807, 2.05) is 6.92 Å². The van der Waals surface area contributed by atoms with Gasteiger partial charge in [-0.05, 0) is 25.8 Å². The van der Waals surface area contributed by atoms with Crippen LogP contribution in [0.3, 0.4) is 0 Å². The molecule has 0 aromatic carbocycles. The monoisotopic (exact) mass is 272 g/mol. The minimum atomic E-state index is -0.765. The van der Waals surface area contributed by atoms with Gasteiger partial charge in [0.2, 0.25) is 5.91 Å². The van der Waals surface area contributed by atoms with Crippen LogP contribution in [0.5, 0.6) is 0 Å². The van der Waals surface area contributed by atoms with Crippen LogP contribution in [-0.2, 0) is 14.3 Å². The number of unbranched alkanes of at least 4 members (excludes halogenated alkanes) is 1. The van der Waals surface area contributed by atoms with Crippen LogP contribution in [-0.4, -0.2) is 60.8 Å². The summed E-state index contributed by atoms with van der Waals surface area (Å²) in [5.41, 5.74) is 0. The van der Waals surface area contributed by atoms with Crippen molar-refractivity contribution in [1.29, 1.82) is 0 Å². The van der Waals surface area contributed by atoms with Gasteiger partial charge in [-0.25, -0.2) is 0 Å². The molecule has 19 heavy (non-hydrogen) atoms. The highest BCUT2D eigenvalue weighted by Gasteiger charge is 2.28. The largest absolute Gasteiger partial charge is 0.481 e. The summed E-state index contributed by atoms with van der Waals surface area (Å²) in [6.45, 7) is 5.24. The number of aliphatic carboxylic acids is 1. The second-order valence-corrected chi connectivity index (χ2v) is 4.77. The minimum absolute atomic E-state index is 0.0137. The van der Waals surface area contributed by atoms with E-state index in [4.69, 9.17) is 9.84 Å². The first-order valence-electron chi connectivity index (χ1n) is 6.96. The molecule has 0 aliphatic carbocycles. The molecular formula is C13H24N2O4. The van der Waals surface area contributed by atoms with E-state index in [1.54, 1.807) is 0 Å². The zero-order chi connectivity index (χ0) is 14.1. The third-order valence-electron chi connectivity index (χ3n) is 3.18. The number of nitrogens with zero attached hydrogens (tertiary/aromatic N) is 1. The number of carbonyl (C=O) groups excluding carboxylic acids is 1. The predicted octanol–water partition coefficient (Wildman–Crippen LogP) is 0.468. The van der Waals surface area contributed by atoms with Gasteiger partial charge >= 0.3 is 5.97 Å². The number of carboxylic acid groups (broad SMARTS) is 1. The van der Waals surface area contributed by atoms with Crippen LogP contribution in [0.2, 0.25) is 0 Å². The first-order valence-corrected chi connectivity index (χ1v) is 6.96. The Morgan fingerprint density at radius 3 is 2.89 bits per heavy atom. The minimum Gasteiger partial charge on any atom is -0.481 e. The number of nitrogens with one attached hydrogen (secondary N) is 1. The summed E-state index contributed by atoms with van der Waals surface area (Å²) in [7, 11) is 0. The molecule has 1 aliphatic rings. The van der Waals surface area contributed by atoms with Crippen molar-refractivity contribution in [3.63, 3.8) is 0 Å². The Hall–Kier alpha value is -1.14. The van der Waals surface area contributed by atoms with Gasteiger partial charge in [-0.1, -0.05) is 6.92 Å². The average molecular weight is 272 g/mol. The summed E-state index contributed by atoms with van der Waals surface area (Å²) in [4.78, 5) is 24.5. The molecule has 0 aromatic heterocycles. The van der Waals surface area contributed by atoms with Gasteiger partial charge in [0.05, 0.1) is 13.2 Å². The SMILES string of the molecule is CCCNC(=O)C1COCCN1CCCCC(=O)O. The van der Waals surface area contributed by atoms with E-state index in [1.165, 1.54) is 0 Å². The van der Waals surface area contributed by atoms with Crippen LogP contribution in [0.15, 0.2) is 0 Å². The van der Waals surface area contributed by atoms with Gasteiger partial charge in [-0.2, -0.15) is 0 Å². The van der Waals surface area contributed by atoms with E-state index in [0.717, 1.165) is 25.9 Å². The number of carbonyl (C=O) groups is 2. The molecule has 1 unspecified atom stereocenters. The van der Waals surface area contributed by atoms with Gasteiger partial charge in [0, 0.05) is 19.5 Å². The van der Waals surface area contributed by atoms with Crippen molar-refractivity contribution in [2.75, 3.05) is 32.8 Å². The molecule has 1 amide bonds. The van der Waals surface area contributed by atoms with Crippen molar-refractivity contribution in [3.8, 4) is 0 Å². The van der Waals surface area contributed by atoms with Crippen molar-refractivity contribution in [1.82, 2.24) is 10.2 Å². The Balaban J connectivity index is 2.34. The number of rotatable bonds is 8. The Bertz CT molecular complexity index is 296. The van der Waals surface area contributed by atoms with E-state index in [-0.39, 0.29) is 18.4 Å². The number of carboxylic acids is 1. The fourth-order valence-corrected chi connectivity index (χ4v) is 2.10. The normalized spacial score (nSPS) is 20.2. The zero-order valence-corrected chi connectivity index (χ0v) is 11.6. The molecule has 0 aromatic rings. The van der Waals surface area contributed by atoms with Gasteiger partial charge in [0.25, 0.3) is 0 Å². The third kappa shape index (κ3) is 6.02. The fourth-order valence-electron chi connectivity index (χ4n) is 2.10. The summed E-state index contributed by atoms with van der Waals surface area (Å²) in [6, 6.07) is -0.231. The molecule has 1 aliphatic heterocycles. The summed E-state index contributed by atoms with van der Waals surface area (Å²) in [5, 5.41) is 11.5. The Morgan fingerprint density at radius 2 is 2.21 bits per heavy atom. The number of hydrogen-bond donors (Lipinski definition) is 2. The maximum Gasteiger partial charge on any atom is 0.303 e. The van der Waals surface area contributed by atoms with Crippen molar-refractivity contribution < 1.29 is 19.4 Å². The Morgan fingerprint density at radius 1 is 1.42 bits per heavy atom. The van der Waals surface area contributed by atoms with E-state index in [2.05, 4.69) is 10.2 Å². The molecule has 0 radical (unpaired) electrons. The molecule has 1 heterocycles. The molecule has 6 heteroatoms. The highest BCUT2D eigenvalue weighted by atomic mass is 16.5. The molecule has 0 spiro atoms. The smallest absolute Gasteiger partial charge is 0.303 e. The van der Waals surface area contributed by atoms with Crippen LogP contribution in [0.25, 0.3) is 0 Å². The molecule has 1 saturated heterocycles. The first-order chi connectivity index (χ1) is 9.15. The van der Waals surface area contributed by atoms with Gasteiger partial charge in [-0.15, -0.1) is 0 Å². The van der Waals surface area contributed by atoms with Crippen molar-refractivity contribution in [2.45, 2.75) is 38.6 Å². The highest BCUT2D eigenvalue weighted by molar-refractivity contribution is 5.82. The topological polar surface area (TPSA) is 78.9 Å². The molecule has 1 atom stereocenters.